The van der Waals surface area contributed by atoms with Crippen molar-refractivity contribution < 1.29 is 8.42 Å². The molecule has 0 unspecified atom stereocenters. The lowest BCUT2D eigenvalue weighted by Crippen LogP contribution is -2.24. The fourth-order valence-electron chi connectivity index (χ4n) is 5.22. The highest BCUT2D eigenvalue weighted by atomic mass is 32.2. The molecule has 144 valence electrons. The standard InChI is InChI=1S/C19H25N5O2S/c1-12-8-13(11-27(25,26)14-4-2-3-5-14)9-15(12)19-23-22-17-10-21-18-16(24(17)19)6-7-20-18/h6-7,10,12-15,20H,2-5,8-9,11H2,1H3/t12-,13+,15+/m0/s1. The minimum atomic E-state index is -2.99. The van der Waals surface area contributed by atoms with Gasteiger partial charge in [0.25, 0.3) is 0 Å². The number of nitrogens with one attached hydrogen (secondary N) is 1. The van der Waals surface area contributed by atoms with Gasteiger partial charge in [0.15, 0.2) is 21.1 Å². The van der Waals surface area contributed by atoms with Crippen LogP contribution in [0.1, 0.15) is 57.2 Å². The quantitative estimate of drug-likeness (QED) is 0.742. The predicted molar refractivity (Wildman–Crippen MR) is 103 cm³/mol. The normalized spacial score (nSPS) is 27.2. The third-order valence-electron chi connectivity index (χ3n) is 6.56. The lowest BCUT2D eigenvalue weighted by Gasteiger charge is -2.15. The Morgan fingerprint density at radius 3 is 2.85 bits per heavy atom. The molecule has 1 N–H and O–H groups in total. The zero-order valence-electron chi connectivity index (χ0n) is 15.5. The van der Waals surface area contributed by atoms with Gasteiger partial charge in [-0.3, -0.25) is 4.40 Å². The first kappa shape index (κ1) is 17.2. The highest BCUT2D eigenvalue weighted by Gasteiger charge is 2.39. The third-order valence-corrected chi connectivity index (χ3v) is 8.98. The molecule has 0 aromatic carbocycles. The van der Waals surface area contributed by atoms with Gasteiger partial charge in [-0.1, -0.05) is 19.8 Å². The van der Waals surface area contributed by atoms with Crippen LogP contribution in [0.4, 0.5) is 0 Å². The summed E-state index contributed by atoms with van der Waals surface area (Å²) in [4.78, 5) is 7.51. The molecule has 0 amide bonds. The summed E-state index contributed by atoms with van der Waals surface area (Å²) < 4.78 is 27.7. The second kappa shape index (κ2) is 6.29. The number of fused-ring (bicyclic) bond motifs is 3. The van der Waals surface area contributed by atoms with Crippen LogP contribution in [0, 0.1) is 11.8 Å². The van der Waals surface area contributed by atoms with E-state index in [0.29, 0.717) is 11.7 Å². The first-order valence-corrected chi connectivity index (χ1v) is 11.6. The zero-order valence-corrected chi connectivity index (χ0v) is 16.3. The third kappa shape index (κ3) is 2.85. The van der Waals surface area contributed by atoms with Crippen molar-refractivity contribution in [2.45, 2.75) is 56.6 Å². The number of sulfone groups is 1. The summed E-state index contributed by atoms with van der Waals surface area (Å²) in [5.74, 6) is 2.10. The van der Waals surface area contributed by atoms with Gasteiger partial charge in [0.05, 0.1) is 22.7 Å². The van der Waals surface area contributed by atoms with Crippen LogP contribution in [0.15, 0.2) is 18.5 Å². The van der Waals surface area contributed by atoms with Crippen LogP contribution in [0.2, 0.25) is 0 Å². The highest BCUT2D eigenvalue weighted by Crippen LogP contribution is 2.44. The summed E-state index contributed by atoms with van der Waals surface area (Å²) in [5.41, 5.74) is 2.53. The molecule has 0 radical (unpaired) electrons. The van der Waals surface area contributed by atoms with E-state index in [0.717, 1.165) is 61.2 Å². The molecule has 0 spiro atoms. The second-order valence-electron chi connectivity index (χ2n) is 8.38. The summed E-state index contributed by atoms with van der Waals surface area (Å²) in [6.07, 6.45) is 9.21. The molecule has 2 aliphatic rings. The summed E-state index contributed by atoms with van der Waals surface area (Å²) >= 11 is 0. The van der Waals surface area contributed by atoms with E-state index >= 15 is 0 Å². The van der Waals surface area contributed by atoms with Gasteiger partial charge in [0.2, 0.25) is 0 Å². The minimum Gasteiger partial charge on any atom is -0.345 e. The number of hydrogen-bond acceptors (Lipinski definition) is 5. The lowest BCUT2D eigenvalue weighted by atomic mass is 9.97. The Morgan fingerprint density at radius 1 is 1.22 bits per heavy atom. The largest absolute Gasteiger partial charge is 0.345 e. The van der Waals surface area contributed by atoms with E-state index in [1.165, 1.54) is 0 Å². The fraction of sp³-hybridized carbons (Fsp3) is 0.632. The average Bonchev–Trinajstić information content (AvgIpc) is 3.40. The zero-order chi connectivity index (χ0) is 18.6. The molecule has 3 heterocycles. The Balaban J connectivity index is 1.43. The number of hydrogen-bond donors (Lipinski definition) is 1. The molecule has 0 aliphatic heterocycles. The van der Waals surface area contributed by atoms with Crippen molar-refractivity contribution >= 4 is 26.6 Å². The maximum absolute atomic E-state index is 12.8. The van der Waals surface area contributed by atoms with Gasteiger partial charge in [-0.25, -0.2) is 13.4 Å². The van der Waals surface area contributed by atoms with Gasteiger partial charge >= 0.3 is 0 Å². The Morgan fingerprint density at radius 2 is 2.04 bits per heavy atom. The van der Waals surface area contributed by atoms with Crippen LogP contribution in [0.5, 0.6) is 0 Å². The Bertz CT molecular complexity index is 1080. The summed E-state index contributed by atoms with van der Waals surface area (Å²) in [7, 11) is -2.99. The van der Waals surface area contributed by atoms with Crippen molar-refractivity contribution in [3.05, 3.63) is 24.3 Å². The SMILES string of the molecule is C[C@H]1C[C@@H](CS(=O)(=O)C2CCCC2)C[C@H]1c1nnc2cnc3[nH]ccc3n12. The van der Waals surface area contributed by atoms with E-state index in [4.69, 9.17) is 0 Å². The van der Waals surface area contributed by atoms with E-state index in [-0.39, 0.29) is 17.1 Å². The maximum atomic E-state index is 12.8. The predicted octanol–water partition coefficient (Wildman–Crippen LogP) is 3.09. The van der Waals surface area contributed by atoms with Gasteiger partial charge in [-0.2, -0.15) is 0 Å². The van der Waals surface area contributed by atoms with Gasteiger partial charge in [-0.15, -0.1) is 10.2 Å². The molecule has 0 bridgehead atoms. The molecule has 2 aliphatic carbocycles. The van der Waals surface area contributed by atoms with Crippen LogP contribution >= 0.6 is 0 Å². The van der Waals surface area contributed by atoms with Crippen molar-refractivity contribution in [2.75, 3.05) is 5.75 Å². The summed E-state index contributed by atoms with van der Waals surface area (Å²) in [5, 5.41) is 8.68. The number of H-pyrrole nitrogens is 1. The first-order chi connectivity index (χ1) is 13.0. The highest BCUT2D eigenvalue weighted by molar-refractivity contribution is 7.92. The molecular weight excluding hydrogens is 362 g/mol. The van der Waals surface area contributed by atoms with Crippen LogP contribution in [0.25, 0.3) is 16.8 Å². The second-order valence-corrected chi connectivity index (χ2v) is 10.7. The Labute approximate surface area is 158 Å². The van der Waals surface area contributed by atoms with Gasteiger partial charge in [0, 0.05) is 12.1 Å². The smallest absolute Gasteiger partial charge is 0.179 e. The van der Waals surface area contributed by atoms with Gasteiger partial charge < -0.3 is 4.98 Å². The van der Waals surface area contributed by atoms with Crippen molar-refractivity contribution in [1.82, 2.24) is 24.6 Å². The van der Waals surface area contributed by atoms with Gasteiger partial charge in [0.1, 0.15) is 5.82 Å². The molecule has 7 nitrogen and oxygen atoms in total. The van der Waals surface area contributed by atoms with E-state index in [9.17, 15) is 8.42 Å². The van der Waals surface area contributed by atoms with E-state index < -0.39 is 9.84 Å². The topological polar surface area (TPSA) is 93.0 Å². The van der Waals surface area contributed by atoms with E-state index in [1.807, 2.05) is 12.3 Å². The van der Waals surface area contributed by atoms with Crippen molar-refractivity contribution in [2.24, 2.45) is 11.8 Å². The van der Waals surface area contributed by atoms with Gasteiger partial charge in [-0.05, 0) is 43.6 Å². The average molecular weight is 388 g/mol. The summed E-state index contributed by atoms with van der Waals surface area (Å²) in [6.45, 7) is 2.21. The van der Waals surface area contributed by atoms with Crippen LogP contribution < -0.4 is 0 Å². The maximum Gasteiger partial charge on any atom is 0.179 e. The van der Waals surface area contributed by atoms with Crippen molar-refractivity contribution in [3.8, 4) is 0 Å². The molecule has 0 saturated heterocycles. The molecule has 3 aromatic rings. The molecule has 2 saturated carbocycles. The van der Waals surface area contributed by atoms with E-state index in [2.05, 4.69) is 31.5 Å². The number of nitrogens with zero attached hydrogens (tertiary/aromatic N) is 4. The molecular formula is C19H25N5O2S. The number of aromatic nitrogens is 5. The van der Waals surface area contributed by atoms with Crippen LogP contribution in [-0.2, 0) is 9.84 Å². The monoisotopic (exact) mass is 387 g/mol. The first-order valence-electron chi connectivity index (χ1n) is 9.91. The number of rotatable bonds is 4. The van der Waals surface area contributed by atoms with E-state index in [1.54, 1.807) is 6.20 Å². The molecule has 5 rings (SSSR count). The van der Waals surface area contributed by atoms with Crippen LogP contribution in [-0.4, -0.2) is 44.0 Å². The fourth-order valence-corrected chi connectivity index (χ4v) is 7.48. The van der Waals surface area contributed by atoms with Crippen molar-refractivity contribution in [3.63, 3.8) is 0 Å². The van der Waals surface area contributed by atoms with Crippen molar-refractivity contribution in [1.29, 1.82) is 0 Å². The summed E-state index contributed by atoms with van der Waals surface area (Å²) in [6, 6.07) is 1.99. The molecule has 27 heavy (non-hydrogen) atoms. The molecule has 8 heteroatoms. The molecule has 3 atom stereocenters. The Hall–Kier alpha value is -1.96. The lowest BCUT2D eigenvalue weighted by molar-refractivity contribution is 0.504. The minimum absolute atomic E-state index is 0.105. The molecule has 2 fully saturated rings. The van der Waals surface area contributed by atoms with Crippen LogP contribution in [0.3, 0.4) is 0 Å². The Kier molecular flexibility index (Phi) is 4.00. The molecule has 3 aromatic heterocycles. The number of aromatic amines is 1.